The van der Waals surface area contributed by atoms with E-state index >= 15 is 0 Å². The number of anilines is 2. The molecule has 10 heteroatoms. The summed E-state index contributed by atoms with van der Waals surface area (Å²) in [5.74, 6) is 1.36. The van der Waals surface area contributed by atoms with Crippen molar-refractivity contribution in [3.63, 3.8) is 0 Å². The summed E-state index contributed by atoms with van der Waals surface area (Å²) in [5.41, 5.74) is 1.03. The van der Waals surface area contributed by atoms with Crippen LogP contribution < -0.4 is 49.5 Å². The maximum absolute atomic E-state index is 14.2. The maximum Gasteiger partial charge on any atom is 1.00 e. The first-order chi connectivity index (χ1) is 16.0. The predicted octanol–water partition coefficient (Wildman–Crippen LogP) is 2.64. The molecule has 0 spiro atoms. The molecule has 1 aromatic heterocycles. The molecule has 2 aromatic carbocycles. The van der Waals surface area contributed by atoms with E-state index in [0.29, 0.717) is 39.6 Å². The number of fused-ring (bicyclic) bond motifs is 1. The number of hydrogen-bond donors (Lipinski definition) is 1. The van der Waals surface area contributed by atoms with Gasteiger partial charge >= 0.3 is 29.6 Å². The Kier molecular flexibility index (Phi) is 17.3. The van der Waals surface area contributed by atoms with Gasteiger partial charge in [0.05, 0.1) is 24.9 Å². The number of aromatic nitrogens is 2. The Morgan fingerprint density at radius 2 is 1.82 bits per heavy atom. The molecule has 180 valence electrons. The van der Waals surface area contributed by atoms with Crippen LogP contribution in [0.15, 0.2) is 41.1 Å². The van der Waals surface area contributed by atoms with Gasteiger partial charge in [0.1, 0.15) is 18.0 Å². The third-order valence-electron chi connectivity index (χ3n) is 4.36. The molecule has 1 heterocycles. The summed E-state index contributed by atoms with van der Waals surface area (Å²) in [7, 11) is 1.59. The quantitative estimate of drug-likeness (QED) is 0.251. The number of rotatable bonds is 9. The summed E-state index contributed by atoms with van der Waals surface area (Å²) in [4.78, 5) is 16.8. The van der Waals surface area contributed by atoms with Crippen molar-refractivity contribution in [2.24, 2.45) is 0 Å². The first kappa shape index (κ1) is 32.1. The van der Waals surface area contributed by atoms with E-state index in [1.165, 1.54) is 25.2 Å². The normalized spacial score (nSPS) is 9.47. The number of nitrogens with zero attached hydrogens (tertiary/aromatic N) is 2. The van der Waals surface area contributed by atoms with Gasteiger partial charge in [-0.15, -0.1) is 0 Å². The Hall–Kier alpha value is -1.94. The molecule has 3 rings (SSSR count). The number of methoxy groups -OCH3 is 1. The average Bonchev–Trinajstić information content (AvgIpc) is 2.82. The van der Waals surface area contributed by atoms with Gasteiger partial charge in [-0.1, -0.05) is 56.0 Å². The van der Waals surface area contributed by atoms with Crippen molar-refractivity contribution in [2.45, 2.75) is 46.5 Å². The zero-order valence-corrected chi connectivity index (χ0v) is 23.9. The van der Waals surface area contributed by atoms with Crippen LogP contribution in [0.25, 0.3) is 10.9 Å². The Bertz CT molecular complexity index is 1010. The smallest absolute Gasteiger partial charge is 0.554 e. The Morgan fingerprint density at radius 3 is 2.44 bits per heavy atom. The van der Waals surface area contributed by atoms with Gasteiger partial charge in [0.15, 0.2) is 11.5 Å². The van der Waals surface area contributed by atoms with E-state index in [0.717, 1.165) is 18.2 Å². The van der Waals surface area contributed by atoms with Crippen LogP contribution in [0.4, 0.5) is 15.9 Å². The third kappa shape index (κ3) is 10.1. The van der Waals surface area contributed by atoms with Crippen LogP contribution >= 0.6 is 15.9 Å². The molecule has 0 bridgehead atoms. The minimum Gasteiger partial charge on any atom is -0.554 e. The van der Waals surface area contributed by atoms with E-state index in [4.69, 9.17) is 19.4 Å². The van der Waals surface area contributed by atoms with E-state index in [-0.39, 0.29) is 35.4 Å². The molecule has 0 saturated carbocycles. The number of nitrogens with one attached hydrogen (secondary N) is 1. The summed E-state index contributed by atoms with van der Waals surface area (Å²) in [5, 5.41) is 12.0. The third-order valence-corrected chi connectivity index (χ3v) is 4.85. The van der Waals surface area contributed by atoms with Gasteiger partial charge in [-0.3, -0.25) is 0 Å². The van der Waals surface area contributed by atoms with Gasteiger partial charge in [0.25, 0.3) is 0 Å². The molecule has 0 unspecified atom stereocenters. The zero-order chi connectivity index (χ0) is 24.6. The first-order valence-corrected chi connectivity index (χ1v) is 11.6. The van der Waals surface area contributed by atoms with Crippen molar-refractivity contribution in [3.8, 4) is 11.5 Å². The van der Waals surface area contributed by atoms with Gasteiger partial charge in [0, 0.05) is 22.4 Å². The van der Waals surface area contributed by atoms with E-state index < -0.39 is 6.47 Å². The fraction of sp³-hybridized carbons (Fsp3) is 0.375. The molecule has 0 saturated heterocycles. The van der Waals surface area contributed by atoms with Crippen LogP contribution in [-0.4, -0.2) is 30.2 Å². The molecule has 0 aliphatic rings. The zero-order valence-electron chi connectivity index (χ0n) is 20.4. The number of unbranched alkanes of at least 4 members (excludes halogenated alkanes) is 3. The number of ether oxygens (including phenoxy) is 2. The van der Waals surface area contributed by atoms with Crippen LogP contribution in [0.2, 0.25) is 0 Å². The van der Waals surface area contributed by atoms with Gasteiger partial charge in [-0.05, 0) is 30.7 Å². The number of carboxylic acid groups (broad SMARTS) is 1. The van der Waals surface area contributed by atoms with E-state index in [2.05, 4.69) is 38.1 Å². The fourth-order valence-electron chi connectivity index (χ4n) is 2.87. The summed E-state index contributed by atoms with van der Waals surface area (Å²) in [6.45, 7) is 6.31. The molecule has 0 radical (unpaired) electrons. The fourth-order valence-corrected chi connectivity index (χ4v) is 3.20. The Balaban J connectivity index is 0.00000168. The van der Waals surface area contributed by atoms with Crippen LogP contribution in [0.3, 0.4) is 0 Å². The molecule has 3 aromatic rings. The molecule has 0 amide bonds. The second-order valence-corrected chi connectivity index (χ2v) is 7.41. The Morgan fingerprint density at radius 1 is 1.12 bits per heavy atom. The summed E-state index contributed by atoms with van der Waals surface area (Å²) in [6, 6.07) is 8.46. The van der Waals surface area contributed by atoms with Crippen molar-refractivity contribution in [1.82, 2.24) is 9.97 Å². The van der Waals surface area contributed by atoms with E-state index in [9.17, 15) is 4.39 Å². The molecule has 0 aliphatic heterocycles. The number of carbonyl (C=O) groups excluding carboxylic acids is 1. The van der Waals surface area contributed by atoms with Crippen LogP contribution in [0.5, 0.6) is 11.5 Å². The minimum atomic E-state index is -0.500. The number of hydrogen-bond acceptors (Lipinski definition) is 7. The van der Waals surface area contributed by atoms with Gasteiger partial charge in [0.2, 0.25) is 0 Å². The molecule has 1 N–H and O–H groups in total. The van der Waals surface area contributed by atoms with Crippen molar-refractivity contribution < 1.29 is 53.3 Å². The average molecular weight is 546 g/mol. The molecule has 0 atom stereocenters. The number of carbonyl (C=O) groups is 1. The first-order valence-electron chi connectivity index (χ1n) is 10.8. The summed E-state index contributed by atoms with van der Waals surface area (Å²) in [6.07, 6.45) is 5.97. The van der Waals surface area contributed by atoms with Crippen LogP contribution in [-0.2, 0) is 4.79 Å². The minimum absolute atomic E-state index is 0. The second kappa shape index (κ2) is 18.4. The van der Waals surface area contributed by atoms with Gasteiger partial charge in [-0.2, -0.15) is 0 Å². The topological polar surface area (TPSA) is 96.4 Å². The van der Waals surface area contributed by atoms with Gasteiger partial charge in [-0.25, -0.2) is 14.4 Å². The van der Waals surface area contributed by atoms with Crippen molar-refractivity contribution in [3.05, 3.63) is 46.9 Å². The molecular weight excluding hydrogens is 516 g/mol. The predicted molar refractivity (Wildman–Crippen MR) is 131 cm³/mol. The largest absolute Gasteiger partial charge is 1.00 e. The summed E-state index contributed by atoms with van der Waals surface area (Å²) < 4.78 is 26.3. The molecular formula is C24H30BrFN3NaO4. The van der Waals surface area contributed by atoms with Crippen molar-refractivity contribution in [1.29, 1.82) is 0 Å². The van der Waals surface area contributed by atoms with E-state index in [1.807, 2.05) is 26.0 Å². The molecule has 7 nitrogen and oxygen atoms in total. The number of halogens is 2. The van der Waals surface area contributed by atoms with E-state index in [1.54, 1.807) is 19.2 Å². The maximum atomic E-state index is 14.2. The molecule has 0 aliphatic carbocycles. The van der Waals surface area contributed by atoms with Gasteiger partial charge < -0.3 is 24.7 Å². The SMILES string of the molecule is CC.CCCCCCOc1cc2ncnc(Nc3ccc(Br)cc3F)c2cc1OC.O=C[O-].[Na+]. The summed E-state index contributed by atoms with van der Waals surface area (Å²) >= 11 is 3.26. The van der Waals surface area contributed by atoms with Crippen LogP contribution in [0.1, 0.15) is 46.5 Å². The van der Waals surface area contributed by atoms with Crippen LogP contribution in [0, 0.1) is 5.82 Å². The standard InChI is InChI=1S/C21H23BrFN3O2.C2H6.CH2O2.Na/c1-3-4-5-6-9-28-20-12-18-15(11-19(20)27-2)21(25-13-24-18)26-17-8-7-14(22)10-16(17)23;1-2;2-1-3;/h7-8,10-13H,3-6,9H2,1-2H3,(H,24,25,26);1-2H3;1H,(H,2,3);/q;;;+1/p-1. The molecule has 34 heavy (non-hydrogen) atoms. The monoisotopic (exact) mass is 545 g/mol. The molecule has 0 fully saturated rings. The Labute approximate surface area is 230 Å². The van der Waals surface area contributed by atoms with Crippen molar-refractivity contribution >= 4 is 44.8 Å². The number of benzene rings is 2. The van der Waals surface area contributed by atoms with Crippen molar-refractivity contribution in [2.75, 3.05) is 19.0 Å². The second-order valence-electron chi connectivity index (χ2n) is 6.50.